The van der Waals surface area contributed by atoms with Crippen LogP contribution >= 0.6 is 38.6 Å². The molecule has 2 aromatic carbocycles. The zero-order valence-corrected chi connectivity index (χ0v) is 18.6. The maximum atomic E-state index is 13.2. The van der Waals surface area contributed by atoms with Gasteiger partial charge in [0.25, 0.3) is 5.91 Å². The van der Waals surface area contributed by atoms with Gasteiger partial charge in [-0.1, -0.05) is 39.4 Å². The summed E-state index contributed by atoms with van der Waals surface area (Å²) in [5, 5.41) is 10.3. The van der Waals surface area contributed by atoms with Gasteiger partial charge in [-0.3, -0.25) is 9.69 Å². The molecule has 0 spiro atoms. The first-order valence-electron chi connectivity index (χ1n) is 8.53. The van der Waals surface area contributed by atoms with Crippen molar-refractivity contribution in [3.05, 3.63) is 69.4 Å². The van der Waals surface area contributed by atoms with E-state index in [-0.39, 0.29) is 11.7 Å². The van der Waals surface area contributed by atoms with E-state index in [9.17, 15) is 9.18 Å². The van der Waals surface area contributed by atoms with E-state index in [1.807, 2.05) is 24.3 Å². The van der Waals surface area contributed by atoms with Gasteiger partial charge >= 0.3 is 0 Å². The van der Waals surface area contributed by atoms with Gasteiger partial charge < -0.3 is 0 Å². The summed E-state index contributed by atoms with van der Waals surface area (Å²) in [6.45, 7) is 1.79. The molecule has 5 nitrogen and oxygen atoms in total. The van der Waals surface area contributed by atoms with E-state index in [4.69, 9.17) is 0 Å². The lowest BCUT2D eigenvalue weighted by Crippen LogP contribution is -2.25. The number of halogens is 2. The highest BCUT2D eigenvalue weighted by Crippen LogP contribution is 2.32. The highest BCUT2D eigenvalue weighted by molar-refractivity contribution is 9.10. The first-order chi connectivity index (χ1) is 13.9. The van der Waals surface area contributed by atoms with E-state index in [1.165, 1.54) is 39.7 Å². The smallest absolute Gasteiger partial charge is 0.271 e. The maximum Gasteiger partial charge on any atom is 0.271 e. The van der Waals surface area contributed by atoms with Gasteiger partial charge in [-0.15, -0.1) is 21.5 Å². The van der Waals surface area contributed by atoms with Crippen molar-refractivity contribution < 1.29 is 9.18 Å². The molecule has 0 saturated heterocycles. The highest BCUT2D eigenvalue weighted by Gasteiger charge is 2.23. The summed E-state index contributed by atoms with van der Waals surface area (Å²) in [7, 11) is 1.67. The fraction of sp³-hybridized carbons (Fsp3) is 0.100. The number of rotatable bonds is 4. The van der Waals surface area contributed by atoms with Crippen molar-refractivity contribution in [1.29, 1.82) is 0 Å². The van der Waals surface area contributed by atoms with Crippen LogP contribution in [0.5, 0.6) is 0 Å². The number of thiazole rings is 1. The average molecular weight is 489 g/mol. The summed E-state index contributed by atoms with van der Waals surface area (Å²) in [4.78, 5) is 19.5. The number of nitrogens with zero attached hydrogens (tertiary/aromatic N) is 4. The van der Waals surface area contributed by atoms with Gasteiger partial charge in [-0.25, -0.2) is 9.37 Å². The van der Waals surface area contributed by atoms with E-state index in [0.717, 1.165) is 20.6 Å². The summed E-state index contributed by atoms with van der Waals surface area (Å²) >= 11 is 6.04. The molecule has 0 atom stereocenters. The topological polar surface area (TPSA) is 59.0 Å². The van der Waals surface area contributed by atoms with Crippen molar-refractivity contribution in [2.45, 2.75) is 6.92 Å². The van der Waals surface area contributed by atoms with E-state index >= 15 is 0 Å². The molecule has 2 heterocycles. The Morgan fingerprint density at radius 2 is 1.59 bits per heavy atom. The molecular formula is C20H14BrFN4OS2. The Hall–Kier alpha value is -2.49. The lowest BCUT2D eigenvalue weighted by molar-refractivity contribution is 0.0996. The van der Waals surface area contributed by atoms with Gasteiger partial charge in [0, 0.05) is 22.6 Å². The van der Waals surface area contributed by atoms with Crippen LogP contribution < -0.4 is 4.90 Å². The van der Waals surface area contributed by atoms with Gasteiger partial charge in [-0.05, 0) is 43.3 Å². The van der Waals surface area contributed by atoms with Crippen LogP contribution in [0, 0.1) is 12.7 Å². The Bertz CT molecular complexity index is 1170. The van der Waals surface area contributed by atoms with Crippen LogP contribution in [0.15, 0.2) is 53.0 Å². The van der Waals surface area contributed by atoms with Gasteiger partial charge in [-0.2, -0.15) is 0 Å². The van der Waals surface area contributed by atoms with Gasteiger partial charge in [0.2, 0.25) is 5.13 Å². The number of carbonyl (C=O) groups excluding carboxylic acids is 1. The monoisotopic (exact) mass is 488 g/mol. The normalized spacial score (nSPS) is 10.9. The van der Waals surface area contributed by atoms with E-state index in [2.05, 4.69) is 31.1 Å². The Morgan fingerprint density at radius 1 is 0.966 bits per heavy atom. The molecule has 0 radical (unpaired) electrons. The second kappa shape index (κ2) is 8.10. The molecule has 29 heavy (non-hydrogen) atoms. The van der Waals surface area contributed by atoms with Crippen molar-refractivity contribution in [1.82, 2.24) is 15.2 Å². The third-order valence-electron chi connectivity index (χ3n) is 4.18. The summed E-state index contributed by atoms with van der Waals surface area (Å²) in [6.07, 6.45) is 0. The SMILES string of the molecule is Cc1nc(-c2ccc(F)cc2)sc1C(=O)N(C)c1nnc(-c2ccc(Br)cc2)s1. The Kier molecular flexibility index (Phi) is 5.53. The number of aromatic nitrogens is 3. The number of hydrogen-bond donors (Lipinski definition) is 0. The van der Waals surface area contributed by atoms with Crippen LogP contribution in [-0.4, -0.2) is 28.1 Å². The number of aryl methyl sites for hydroxylation is 1. The van der Waals surface area contributed by atoms with Gasteiger partial charge in [0.1, 0.15) is 20.7 Å². The number of anilines is 1. The Balaban J connectivity index is 1.58. The number of amides is 1. The molecule has 4 rings (SSSR count). The van der Waals surface area contributed by atoms with Gasteiger partial charge in [0.05, 0.1) is 5.69 Å². The summed E-state index contributed by atoms with van der Waals surface area (Å²) in [5.41, 5.74) is 2.34. The molecule has 0 fully saturated rings. The molecule has 146 valence electrons. The second-order valence-electron chi connectivity index (χ2n) is 6.20. The van der Waals surface area contributed by atoms with Crippen LogP contribution in [0.2, 0.25) is 0 Å². The number of carbonyl (C=O) groups is 1. The number of benzene rings is 2. The molecule has 0 aliphatic rings. The van der Waals surface area contributed by atoms with Crippen molar-refractivity contribution in [3.8, 4) is 21.1 Å². The minimum absolute atomic E-state index is 0.202. The Morgan fingerprint density at radius 3 is 2.28 bits per heavy atom. The molecule has 4 aromatic rings. The van der Waals surface area contributed by atoms with Crippen LogP contribution in [0.1, 0.15) is 15.4 Å². The average Bonchev–Trinajstić information content (AvgIpc) is 3.35. The molecular weight excluding hydrogens is 475 g/mol. The summed E-state index contributed by atoms with van der Waals surface area (Å²) < 4.78 is 14.1. The quantitative estimate of drug-likeness (QED) is 0.363. The molecule has 0 N–H and O–H groups in total. The van der Waals surface area contributed by atoms with E-state index in [1.54, 1.807) is 26.1 Å². The molecule has 0 saturated carbocycles. The third-order valence-corrected chi connectivity index (χ3v) is 6.95. The maximum absolute atomic E-state index is 13.2. The first-order valence-corrected chi connectivity index (χ1v) is 11.0. The predicted molar refractivity (Wildman–Crippen MR) is 118 cm³/mol. The fourth-order valence-corrected chi connectivity index (χ4v) is 4.73. The van der Waals surface area contributed by atoms with E-state index in [0.29, 0.717) is 20.7 Å². The lowest BCUT2D eigenvalue weighted by Gasteiger charge is -2.11. The molecule has 0 aliphatic carbocycles. The fourth-order valence-electron chi connectivity index (χ4n) is 2.61. The predicted octanol–water partition coefficient (Wildman–Crippen LogP) is 5.82. The van der Waals surface area contributed by atoms with Gasteiger partial charge in [0.15, 0.2) is 0 Å². The Labute approximate surface area is 183 Å². The van der Waals surface area contributed by atoms with Crippen LogP contribution in [0.3, 0.4) is 0 Å². The molecule has 0 aliphatic heterocycles. The minimum atomic E-state index is -0.309. The van der Waals surface area contributed by atoms with Crippen molar-refractivity contribution in [2.75, 3.05) is 11.9 Å². The molecule has 1 amide bonds. The third kappa shape index (κ3) is 4.12. The number of hydrogen-bond acceptors (Lipinski definition) is 6. The van der Waals surface area contributed by atoms with Crippen molar-refractivity contribution in [3.63, 3.8) is 0 Å². The standard InChI is InChI=1S/C20H14BrFN4OS2/c1-11-16(28-17(23-11)12-5-9-15(22)10-6-12)19(27)26(2)20-25-24-18(29-20)13-3-7-14(21)8-4-13/h3-10H,1-2H3. The van der Waals surface area contributed by atoms with Crippen LogP contribution in [0.25, 0.3) is 21.1 Å². The summed E-state index contributed by atoms with van der Waals surface area (Å²) in [5.74, 6) is -0.511. The molecule has 0 bridgehead atoms. The second-order valence-corrected chi connectivity index (χ2v) is 9.07. The van der Waals surface area contributed by atoms with Crippen molar-refractivity contribution in [2.24, 2.45) is 0 Å². The summed E-state index contributed by atoms with van der Waals surface area (Å²) in [6, 6.07) is 13.8. The highest BCUT2D eigenvalue weighted by atomic mass is 79.9. The zero-order valence-electron chi connectivity index (χ0n) is 15.4. The molecule has 2 aromatic heterocycles. The van der Waals surface area contributed by atoms with Crippen LogP contribution in [-0.2, 0) is 0 Å². The molecule has 0 unspecified atom stereocenters. The first kappa shape index (κ1) is 19.8. The minimum Gasteiger partial charge on any atom is -0.285 e. The lowest BCUT2D eigenvalue weighted by atomic mass is 10.2. The largest absolute Gasteiger partial charge is 0.285 e. The van der Waals surface area contributed by atoms with Crippen molar-refractivity contribution >= 4 is 49.6 Å². The van der Waals surface area contributed by atoms with Crippen LogP contribution in [0.4, 0.5) is 9.52 Å². The molecule has 9 heteroatoms. The zero-order chi connectivity index (χ0) is 20.5. The van der Waals surface area contributed by atoms with E-state index < -0.39 is 0 Å².